The lowest BCUT2D eigenvalue weighted by Gasteiger charge is -2.10. The van der Waals surface area contributed by atoms with E-state index in [2.05, 4.69) is 0 Å². The molecule has 2 aromatic rings. The van der Waals surface area contributed by atoms with Crippen LogP contribution in [0.25, 0.3) is 0 Å². The molecule has 0 aliphatic carbocycles. The number of rotatable bonds is 3. The summed E-state index contributed by atoms with van der Waals surface area (Å²) in [6, 6.07) is 15.0. The number of hydrogen-bond donors (Lipinski definition) is 0. The second-order valence-corrected chi connectivity index (χ2v) is 3.95. The van der Waals surface area contributed by atoms with Gasteiger partial charge in [0.25, 0.3) is 0 Å². The molecular weight excluding hydrogens is 243 g/mol. The highest BCUT2D eigenvalue weighted by Crippen LogP contribution is 2.31. The van der Waals surface area contributed by atoms with Gasteiger partial charge in [-0.1, -0.05) is 41.9 Å². The lowest BCUT2D eigenvalue weighted by molar-refractivity contribution is 0.478. The zero-order chi connectivity index (χ0) is 11.4. The van der Waals surface area contributed by atoms with Crippen LogP contribution in [-0.4, -0.2) is 0 Å². The molecule has 0 radical (unpaired) electrons. The van der Waals surface area contributed by atoms with E-state index in [9.17, 15) is 0 Å². The summed E-state index contributed by atoms with van der Waals surface area (Å²) in [4.78, 5) is 0. The first-order chi connectivity index (χ1) is 7.81. The van der Waals surface area contributed by atoms with Crippen molar-refractivity contribution in [3.63, 3.8) is 0 Å². The van der Waals surface area contributed by atoms with E-state index in [1.165, 1.54) is 0 Å². The zero-order valence-corrected chi connectivity index (χ0v) is 10.0. The molecule has 0 aliphatic heterocycles. The van der Waals surface area contributed by atoms with E-state index in [1.54, 1.807) is 6.07 Å². The van der Waals surface area contributed by atoms with Crippen molar-refractivity contribution in [1.29, 1.82) is 0 Å². The van der Waals surface area contributed by atoms with E-state index < -0.39 is 0 Å². The van der Waals surface area contributed by atoms with Gasteiger partial charge in [0.15, 0.2) is 0 Å². The van der Waals surface area contributed by atoms with E-state index in [0.717, 1.165) is 11.3 Å². The molecule has 0 heterocycles. The Kier molecular flexibility index (Phi) is 3.70. The van der Waals surface area contributed by atoms with Crippen LogP contribution in [0.2, 0.25) is 5.02 Å². The quantitative estimate of drug-likeness (QED) is 0.709. The molecule has 3 heteroatoms. The number of ether oxygens (including phenoxy) is 1. The van der Waals surface area contributed by atoms with Gasteiger partial charge in [-0.25, -0.2) is 0 Å². The highest BCUT2D eigenvalue weighted by atomic mass is 35.5. The van der Waals surface area contributed by atoms with Crippen molar-refractivity contribution in [2.45, 2.75) is 5.88 Å². The highest BCUT2D eigenvalue weighted by molar-refractivity contribution is 6.32. The van der Waals surface area contributed by atoms with Gasteiger partial charge in [-0.3, -0.25) is 0 Å². The summed E-state index contributed by atoms with van der Waals surface area (Å²) in [6.45, 7) is 0. The largest absolute Gasteiger partial charge is 0.455 e. The standard InChI is InChI=1S/C13H10Cl2O/c14-9-10-5-1-3-7-12(10)16-13-8-4-2-6-11(13)15/h1-8H,9H2. The van der Waals surface area contributed by atoms with Crippen LogP contribution in [0, 0.1) is 0 Å². The number of alkyl halides is 1. The minimum absolute atomic E-state index is 0.417. The van der Waals surface area contributed by atoms with Gasteiger partial charge in [0.1, 0.15) is 11.5 Å². The first-order valence-electron chi connectivity index (χ1n) is 4.87. The molecular formula is C13H10Cl2O. The molecule has 82 valence electrons. The molecule has 0 saturated heterocycles. The number of para-hydroxylation sites is 2. The minimum Gasteiger partial charge on any atom is -0.455 e. The molecule has 1 nitrogen and oxygen atoms in total. The van der Waals surface area contributed by atoms with Crippen LogP contribution in [-0.2, 0) is 5.88 Å². The van der Waals surface area contributed by atoms with E-state index in [1.807, 2.05) is 42.5 Å². The molecule has 0 saturated carbocycles. The Labute approximate surface area is 105 Å². The van der Waals surface area contributed by atoms with Crippen LogP contribution < -0.4 is 4.74 Å². The van der Waals surface area contributed by atoms with Gasteiger partial charge >= 0.3 is 0 Å². The van der Waals surface area contributed by atoms with Crippen LogP contribution in [0.4, 0.5) is 0 Å². The Morgan fingerprint density at radius 2 is 1.50 bits per heavy atom. The summed E-state index contributed by atoms with van der Waals surface area (Å²) < 4.78 is 5.71. The maximum atomic E-state index is 6.01. The van der Waals surface area contributed by atoms with Crippen LogP contribution >= 0.6 is 23.2 Å². The molecule has 2 aromatic carbocycles. The molecule has 16 heavy (non-hydrogen) atoms. The monoisotopic (exact) mass is 252 g/mol. The van der Waals surface area contributed by atoms with Gasteiger partial charge in [-0.2, -0.15) is 0 Å². The average molecular weight is 253 g/mol. The normalized spacial score (nSPS) is 10.1. The lowest BCUT2D eigenvalue weighted by atomic mass is 10.2. The Hall–Kier alpha value is -1.18. The van der Waals surface area contributed by atoms with Crippen molar-refractivity contribution in [3.8, 4) is 11.5 Å². The molecule has 0 unspecified atom stereocenters. The molecule has 0 aliphatic rings. The van der Waals surface area contributed by atoms with E-state index >= 15 is 0 Å². The Bertz CT molecular complexity index is 483. The molecule has 0 spiro atoms. The summed E-state index contributed by atoms with van der Waals surface area (Å²) in [7, 11) is 0. The van der Waals surface area contributed by atoms with Gasteiger partial charge in [0.2, 0.25) is 0 Å². The van der Waals surface area contributed by atoms with Crippen molar-refractivity contribution in [3.05, 3.63) is 59.1 Å². The summed E-state index contributed by atoms with van der Waals surface area (Å²) in [6.07, 6.45) is 0. The third-order valence-electron chi connectivity index (χ3n) is 2.17. The van der Waals surface area contributed by atoms with Crippen LogP contribution in [0.1, 0.15) is 5.56 Å². The van der Waals surface area contributed by atoms with E-state index in [-0.39, 0.29) is 0 Å². The summed E-state index contributed by atoms with van der Waals surface area (Å²) in [5.74, 6) is 1.80. The topological polar surface area (TPSA) is 9.23 Å². The Balaban J connectivity index is 2.30. The maximum Gasteiger partial charge on any atom is 0.146 e. The van der Waals surface area contributed by atoms with Crippen molar-refractivity contribution in [2.75, 3.05) is 0 Å². The average Bonchev–Trinajstić information content (AvgIpc) is 2.33. The predicted octanol–water partition coefficient (Wildman–Crippen LogP) is 4.87. The number of halogens is 2. The number of benzene rings is 2. The summed E-state index contributed by atoms with van der Waals surface area (Å²) >= 11 is 11.8. The maximum absolute atomic E-state index is 6.01. The molecule has 0 bridgehead atoms. The molecule has 0 amide bonds. The number of hydrogen-bond acceptors (Lipinski definition) is 1. The third-order valence-corrected chi connectivity index (χ3v) is 2.77. The molecule has 0 N–H and O–H groups in total. The second-order valence-electron chi connectivity index (χ2n) is 3.27. The van der Waals surface area contributed by atoms with Gasteiger partial charge in [-0.15, -0.1) is 11.6 Å². The fourth-order valence-corrected chi connectivity index (χ4v) is 1.75. The first-order valence-corrected chi connectivity index (χ1v) is 5.79. The second kappa shape index (κ2) is 5.24. The fraction of sp³-hybridized carbons (Fsp3) is 0.0769. The van der Waals surface area contributed by atoms with E-state index in [0.29, 0.717) is 16.7 Å². The summed E-state index contributed by atoms with van der Waals surface area (Å²) in [5, 5.41) is 0.590. The van der Waals surface area contributed by atoms with Gasteiger partial charge in [0, 0.05) is 5.56 Å². The van der Waals surface area contributed by atoms with Crippen molar-refractivity contribution >= 4 is 23.2 Å². The van der Waals surface area contributed by atoms with Crippen molar-refractivity contribution in [1.82, 2.24) is 0 Å². The Morgan fingerprint density at radius 1 is 0.875 bits per heavy atom. The Morgan fingerprint density at radius 3 is 2.19 bits per heavy atom. The third kappa shape index (κ3) is 2.49. The van der Waals surface area contributed by atoms with Gasteiger partial charge in [0.05, 0.1) is 10.9 Å². The van der Waals surface area contributed by atoms with Gasteiger partial charge in [-0.05, 0) is 18.2 Å². The van der Waals surface area contributed by atoms with Gasteiger partial charge < -0.3 is 4.74 Å². The highest BCUT2D eigenvalue weighted by Gasteiger charge is 2.05. The lowest BCUT2D eigenvalue weighted by Crippen LogP contribution is -1.89. The minimum atomic E-state index is 0.417. The van der Waals surface area contributed by atoms with Crippen LogP contribution in [0.5, 0.6) is 11.5 Å². The van der Waals surface area contributed by atoms with E-state index in [4.69, 9.17) is 27.9 Å². The first kappa shape index (κ1) is 11.3. The summed E-state index contributed by atoms with van der Waals surface area (Å²) in [5.41, 5.74) is 0.948. The van der Waals surface area contributed by atoms with Crippen molar-refractivity contribution in [2.24, 2.45) is 0 Å². The molecule has 0 aromatic heterocycles. The molecule has 0 atom stereocenters. The molecule has 2 rings (SSSR count). The van der Waals surface area contributed by atoms with Crippen LogP contribution in [0.3, 0.4) is 0 Å². The SMILES string of the molecule is ClCc1ccccc1Oc1ccccc1Cl. The fourth-order valence-electron chi connectivity index (χ4n) is 1.36. The molecule has 0 fully saturated rings. The zero-order valence-electron chi connectivity index (χ0n) is 8.49. The smallest absolute Gasteiger partial charge is 0.146 e. The predicted molar refractivity (Wildman–Crippen MR) is 67.5 cm³/mol. The van der Waals surface area contributed by atoms with Crippen molar-refractivity contribution < 1.29 is 4.74 Å². The van der Waals surface area contributed by atoms with Crippen LogP contribution in [0.15, 0.2) is 48.5 Å².